The Balaban J connectivity index is 1.84. The number of methoxy groups -OCH3 is 2. The molecule has 0 saturated carbocycles. The topological polar surface area (TPSA) is 73.6 Å². The minimum atomic E-state index is -0.182. The second kappa shape index (κ2) is 9.49. The third kappa shape index (κ3) is 5.97. The van der Waals surface area contributed by atoms with Gasteiger partial charge in [-0.2, -0.15) is 0 Å². The molecule has 0 aliphatic carbocycles. The summed E-state index contributed by atoms with van der Waals surface area (Å²) in [5, 5.41) is 2.82. The van der Waals surface area contributed by atoms with E-state index in [2.05, 4.69) is 5.32 Å². The molecule has 0 bridgehead atoms. The van der Waals surface area contributed by atoms with Gasteiger partial charge in [-0.25, -0.2) is 0 Å². The molecule has 3 N–H and O–H groups in total. The number of benzene rings is 2. The van der Waals surface area contributed by atoms with E-state index in [4.69, 9.17) is 15.2 Å². The minimum Gasteiger partial charge on any atom is -0.493 e. The Morgan fingerprint density at radius 3 is 2.52 bits per heavy atom. The summed E-state index contributed by atoms with van der Waals surface area (Å²) in [6, 6.07) is 15.3. The highest BCUT2D eigenvalue weighted by Gasteiger charge is 2.06. The average Bonchev–Trinajstić information content (AvgIpc) is 2.65. The van der Waals surface area contributed by atoms with Gasteiger partial charge in [0, 0.05) is 18.7 Å². The summed E-state index contributed by atoms with van der Waals surface area (Å²) in [4.78, 5) is 11.9. The Morgan fingerprint density at radius 1 is 1.12 bits per heavy atom. The van der Waals surface area contributed by atoms with Crippen molar-refractivity contribution in [1.82, 2.24) is 5.32 Å². The van der Waals surface area contributed by atoms with Crippen LogP contribution >= 0.6 is 0 Å². The van der Waals surface area contributed by atoms with Crippen molar-refractivity contribution >= 4 is 12.0 Å². The lowest BCUT2D eigenvalue weighted by molar-refractivity contribution is -0.116. The highest BCUT2D eigenvalue weighted by Crippen LogP contribution is 2.27. The second-order valence-electron chi connectivity index (χ2n) is 5.64. The van der Waals surface area contributed by atoms with Crippen molar-refractivity contribution < 1.29 is 14.3 Å². The fourth-order valence-electron chi connectivity index (χ4n) is 2.41. The van der Waals surface area contributed by atoms with Crippen LogP contribution in [0.25, 0.3) is 6.08 Å². The quantitative estimate of drug-likeness (QED) is 0.724. The third-order valence-electron chi connectivity index (χ3n) is 3.71. The molecule has 1 amide bonds. The van der Waals surface area contributed by atoms with Crippen LogP contribution in [0.5, 0.6) is 11.5 Å². The number of carbonyl (C=O) groups is 1. The first-order valence-electron chi connectivity index (χ1n) is 8.10. The van der Waals surface area contributed by atoms with Gasteiger partial charge in [-0.15, -0.1) is 0 Å². The maximum Gasteiger partial charge on any atom is 0.244 e. The molecule has 0 aliphatic heterocycles. The van der Waals surface area contributed by atoms with Gasteiger partial charge in [0.15, 0.2) is 11.5 Å². The van der Waals surface area contributed by atoms with Crippen LogP contribution in [0.2, 0.25) is 0 Å². The van der Waals surface area contributed by atoms with E-state index in [0.29, 0.717) is 18.0 Å². The molecule has 25 heavy (non-hydrogen) atoms. The molecule has 132 valence electrons. The zero-order valence-corrected chi connectivity index (χ0v) is 14.6. The predicted octanol–water partition coefficient (Wildman–Crippen LogP) is 2.40. The summed E-state index contributed by atoms with van der Waals surface area (Å²) in [6.45, 7) is 0.421. The number of amides is 1. The summed E-state index contributed by atoms with van der Waals surface area (Å²) >= 11 is 0. The summed E-state index contributed by atoms with van der Waals surface area (Å²) in [6.07, 6.45) is 3.93. The first-order chi connectivity index (χ1) is 12.1. The highest BCUT2D eigenvalue weighted by molar-refractivity contribution is 5.91. The Labute approximate surface area is 148 Å². The second-order valence-corrected chi connectivity index (χ2v) is 5.64. The van der Waals surface area contributed by atoms with Crippen LogP contribution in [0, 0.1) is 0 Å². The van der Waals surface area contributed by atoms with Crippen molar-refractivity contribution in [2.75, 3.05) is 20.8 Å². The zero-order chi connectivity index (χ0) is 18.1. The smallest absolute Gasteiger partial charge is 0.244 e. The van der Waals surface area contributed by atoms with E-state index in [0.717, 1.165) is 17.5 Å². The zero-order valence-electron chi connectivity index (χ0n) is 14.6. The SMILES string of the molecule is COc1ccc(/C=C/C(=O)NC[C@H](N)Cc2ccccc2)cc1OC. The summed E-state index contributed by atoms with van der Waals surface area (Å²) in [5.41, 5.74) is 8.07. The molecule has 2 rings (SSSR count). The maximum atomic E-state index is 11.9. The minimum absolute atomic E-state index is 0.124. The maximum absolute atomic E-state index is 11.9. The number of hydrogen-bond donors (Lipinski definition) is 2. The molecule has 0 unspecified atom stereocenters. The number of rotatable bonds is 8. The van der Waals surface area contributed by atoms with Crippen molar-refractivity contribution in [2.45, 2.75) is 12.5 Å². The van der Waals surface area contributed by atoms with Gasteiger partial charge in [-0.05, 0) is 35.8 Å². The molecule has 0 fully saturated rings. The summed E-state index contributed by atoms with van der Waals surface area (Å²) in [7, 11) is 3.16. The monoisotopic (exact) mass is 340 g/mol. The molecule has 0 aromatic heterocycles. The van der Waals surface area contributed by atoms with E-state index in [1.807, 2.05) is 42.5 Å². The van der Waals surface area contributed by atoms with Crippen LogP contribution in [0.15, 0.2) is 54.6 Å². The Hall–Kier alpha value is -2.79. The molecule has 5 nitrogen and oxygen atoms in total. The summed E-state index contributed by atoms with van der Waals surface area (Å²) < 4.78 is 10.4. The molecule has 0 spiro atoms. The third-order valence-corrected chi connectivity index (χ3v) is 3.71. The number of ether oxygens (including phenoxy) is 2. The Morgan fingerprint density at radius 2 is 1.84 bits per heavy atom. The largest absolute Gasteiger partial charge is 0.493 e. The van der Waals surface area contributed by atoms with Crippen LogP contribution in [-0.2, 0) is 11.2 Å². The fraction of sp³-hybridized carbons (Fsp3) is 0.250. The van der Waals surface area contributed by atoms with Crippen molar-refractivity contribution in [3.63, 3.8) is 0 Å². The highest BCUT2D eigenvalue weighted by atomic mass is 16.5. The van der Waals surface area contributed by atoms with Crippen LogP contribution < -0.4 is 20.5 Å². The van der Waals surface area contributed by atoms with Crippen LogP contribution in [0.3, 0.4) is 0 Å². The van der Waals surface area contributed by atoms with Gasteiger partial charge >= 0.3 is 0 Å². The fourth-order valence-corrected chi connectivity index (χ4v) is 2.41. The number of nitrogens with two attached hydrogens (primary N) is 1. The van der Waals surface area contributed by atoms with Crippen LogP contribution in [0.1, 0.15) is 11.1 Å². The first kappa shape index (κ1) is 18.5. The normalized spacial score (nSPS) is 12.0. The molecule has 2 aromatic carbocycles. The molecule has 0 saturated heterocycles. The number of nitrogens with one attached hydrogen (secondary N) is 1. The van der Waals surface area contributed by atoms with E-state index in [1.54, 1.807) is 26.4 Å². The lowest BCUT2D eigenvalue weighted by Crippen LogP contribution is -2.37. The molecule has 1 atom stereocenters. The van der Waals surface area contributed by atoms with Gasteiger partial charge in [-0.3, -0.25) is 4.79 Å². The number of hydrogen-bond acceptors (Lipinski definition) is 4. The van der Waals surface area contributed by atoms with E-state index in [-0.39, 0.29) is 11.9 Å². The van der Waals surface area contributed by atoms with Gasteiger partial charge in [0.25, 0.3) is 0 Å². The van der Waals surface area contributed by atoms with Gasteiger partial charge in [0.05, 0.1) is 14.2 Å². The molecular weight excluding hydrogens is 316 g/mol. The van der Waals surface area contributed by atoms with E-state index in [1.165, 1.54) is 6.08 Å². The van der Waals surface area contributed by atoms with Crippen LogP contribution in [0.4, 0.5) is 0 Å². The Kier molecular flexibility index (Phi) is 7.04. The summed E-state index contributed by atoms with van der Waals surface area (Å²) in [5.74, 6) is 1.09. The van der Waals surface area contributed by atoms with Gasteiger partial charge in [-0.1, -0.05) is 36.4 Å². The van der Waals surface area contributed by atoms with Crippen molar-refractivity contribution in [2.24, 2.45) is 5.73 Å². The molecular formula is C20H24N2O3. The van der Waals surface area contributed by atoms with Crippen LogP contribution in [-0.4, -0.2) is 32.7 Å². The van der Waals surface area contributed by atoms with Crippen molar-refractivity contribution in [3.8, 4) is 11.5 Å². The van der Waals surface area contributed by atoms with Gasteiger partial charge in [0.2, 0.25) is 5.91 Å². The molecule has 2 aromatic rings. The standard InChI is InChI=1S/C20H24N2O3/c1-24-18-10-8-16(13-19(18)25-2)9-11-20(23)22-14-17(21)12-15-6-4-3-5-7-15/h3-11,13,17H,12,14,21H2,1-2H3,(H,22,23)/b11-9+/t17-/m1/s1. The molecule has 0 aliphatic rings. The molecule has 0 heterocycles. The van der Waals surface area contributed by atoms with Crippen molar-refractivity contribution in [3.05, 3.63) is 65.7 Å². The predicted molar refractivity (Wildman–Crippen MR) is 99.7 cm³/mol. The first-order valence-corrected chi connectivity index (χ1v) is 8.10. The van der Waals surface area contributed by atoms with E-state index in [9.17, 15) is 4.79 Å². The Bertz CT molecular complexity index is 714. The van der Waals surface area contributed by atoms with E-state index >= 15 is 0 Å². The van der Waals surface area contributed by atoms with Gasteiger partial charge in [0.1, 0.15) is 0 Å². The van der Waals surface area contributed by atoms with E-state index < -0.39 is 0 Å². The lowest BCUT2D eigenvalue weighted by Gasteiger charge is -2.12. The van der Waals surface area contributed by atoms with Gasteiger partial charge < -0.3 is 20.5 Å². The lowest BCUT2D eigenvalue weighted by atomic mass is 10.1. The molecule has 0 radical (unpaired) electrons. The number of carbonyl (C=O) groups excluding carboxylic acids is 1. The average molecular weight is 340 g/mol. The van der Waals surface area contributed by atoms with Crippen molar-refractivity contribution in [1.29, 1.82) is 0 Å². The molecule has 5 heteroatoms.